The monoisotopic (exact) mass is 284 g/mol. The summed E-state index contributed by atoms with van der Waals surface area (Å²) in [4.78, 5) is 13.4. The zero-order valence-corrected chi connectivity index (χ0v) is 10.2. The molecule has 0 aliphatic heterocycles. The number of rotatable bonds is 3. The van der Waals surface area contributed by atoms with E-state index in [1.54, 1.807) is 0 Å². The third-order valence-corrected chi connectivity index (χ3v) is 3.68. The second-order valence-corrected chi connectivity index (χ2v) is 5.30. The van der Waals surface area contributed by atoms with Crippen LogP contribution in [0.3, 0.4) is 0 Å². The lowest BCUT2D eigenvalue weighted by atomic mass is 10.3. The van der Waals surface area contributed by atoms with Crippen LogP contribution < -0.4 is 10.2 Å². The Morgan fingerprint density at radius 2 is 2.00 bits per heavy atom. The highest BCUT2D eigenvalue weighted by atomic mass is 32.2. The summed E-state index contributed by atoms with van der Waals surface area (Å²) in [5.41, 5.74) is -0.788. The summed E-state index contributed by atoms with van der Waals surface area (Å²) in [6, 6.07) is 4.05. The number of H-pyrrole nitrogens is 1. The second-order valence-electron chi connectivity index (χ2n) is 3.64. The number of aromatic amines is 1. The zero-order chi connectivity index (χ0) is 14.0. The molecule has 0 aliphatic rings. The molecule has 6 nitrogen and oxygen atoms in total. The largest absolute Gasteiger partial charge is 0.505 e. The van der Waals surface area contributed by atoms with Crippen LogP contribution in [0.4, 0.5) is 10.1 Å². The number of hydrogen-bond donors (Lipinski definition) is 3. The van der Waals surface area contributed by atoms with Gasteiger partial charge in [0.1, 0.15) is 0 Å². The van der Waals surface area contributed by atoms with Crippen molar-refractivity contribution in [2.45, 2.75) is 4.90 Å². The highest BCUT2D eigenvalue weighted by Crippen LogP contribution is 2.21. The van der Waals surface area contributed by atoms with Gasteiger partial charge in [0.2, 0.25) is 5.43 Å². The molecule has 19 heavy (non-hydrogen) atoms. The first-order valence-electron chi connectivity index (χ1n) is 5.08. The summed E-state index contributed by atoms with van der Waals surface area (Å²) in [6.45, 7) is 0. The molecule has 0 saturated carbocycles. The summed E-state index contributed by atoms with van der Waals surface area (Å²) in [6.07, 6.45) is 2.32. The van der Waals surface area contributed by atoms with E-state index in [1.807, 2.05) is 4.72 Å². The summed E-state index contributed by atoms with van der Waals surface area (Å²) in [7, 11) is -4.12. The normalized spacial score (nSPS) is 11.2. The highest BCUT2D eigenvalue weighted by Gasteiger charge is 2.18. The first kappa shape index (κ1) is 13.1. The van der Waals surface area contributed by atoms with Gasteiger partial charge in [0, 0.05) is 24.5 Å². The number of sulfonamides is 1. The molecule has 0 amide bonds. The Morgan fingerprint density at radius 1 is 1.26 bits per heavy atom. The molecule has 2 rings (SSSR count). The molecule has 100 valence electrons. The number of phenols is 1. The molecule has 8 heteroatoms. The quantitative estimate of drug-likeness (QED) is 0.733. The van der Waals surface area contributed by atoms with Crippen LogP contribution in [-0.2, 0) is 10.0 Å². The number of anilines is 1. The van der Waals surface area contributed by atoms with E-state index >= 15 is 0 Å². The minimum absolute atomic E-state index is 0.0986. The fraction of sp³-hybridized carbons (Fsp3) is 0. The van der Waals surface area contributed by atoms with Crippen LogP contribution in [0.5, 0.6) is 5.75 Å². The van der Waals surface area contributed by atoms with E-state index in [4.69, 9.17) is 5.11 Å². The second kappa shape index (κ2) is 4.73. The van der Waals surface area contributed by atoms with Gasteiger partial charge in [-0.25, -0.2) is 12.8 Å². The van der Waals surface area contributed by atoms with E-state index in [0.717, 1.165) is 24.4 Å². The van der Waals surface area contributed by atoms with Crippen molar-refractivity contribution < 1.29 is 17.9 Å². The van der Waals surface area contributed by atoms with Gasteiger partial charge in [-0.2, -0.15) is 0 Å². The minimum atomic E-state index is -4.12. The molecular weight excluding hydrogens is 275 g/mol. The molecule has 0 bridgehead atoms. The Labute approximate surface area is 107 Å². The van der Waals surface area contributed by atoms with E-state index in [0.29, 0.717) is 0 Å². The topological polar surface area (TPSA) is 99.3 Å². The Hall–Kier alpha value is -2.35. The van der Waals surface area contributed by atoms with Crippen molar-refractivity contribution in [2.24, 2.45) is 0 Å². The lowest BCUT2D eigenvalue weighted by molar-refractivity contribution is 0.432. The molecule has 0 spiro atoms. The Bertz CT molecular complexity index is 770. The molecule has 0 fully saturated rings. The van der Waals surface area contributed by atoms with Gasteiger partial charge in [-0.15, -0.1) is 0 Å². The highest BCUT2D eigenvalue weighted by molar-refractivity contribution is 7.92. The molecule has 1 heterocycles. The van der Waals surface area contributed by atoms with E-state index in [-0.39, 0.29) is 5.69 Å². The zero-order valence-electron chi connectivity index (χ0n) is 9.42. The maximum Gasteiger partial charge on any atom is 0.267 e. The average molecular weight is 284 g/mol. The molecular formula is C11H9FN2O4S. The van der Waals surface area contributed by atoms with Crippen LogP contribution in [0, 0.1) is 5.82 Å². The van der Waals surface area contributed by atoms with Crippen LogP contribution >= 0.6 is 0 Å². The number of nitrogens with one attached hydrogen (secondary N) is 2. The standard InChI is InChI=1S/C11H9FN2O4S/c12-8-5-7(1-2-9(8)15)14-19(17,18)11-6-13-4-3-10(11)16/h1-6,14-15H,(H,13,16). The van der Waals surface area contributed by atoms with Gasteiger partial charge in [-0.05, 0) is 12.1 Å². The Morgan fingerprint density at radius 3 is 2.63 bits per heavy atom. The average Bonchev–Trinajstić information content (AvgIpc) is 2.34. The fourth-order valence-corrected chi connectivity index (χ4v) is 2.49. The van der Waals surface area contributed by atoms with E-state index in [9.17, 15) is 17.6 Å². The van der Waals surface area contributed by atoms with Gasteiger partial charge >= 0.3 is 0 Å². The number of aromatic hydroxyl groups is 1. The lowest BCUT2D eigenvalue weighted by Crippen LogP contribution is -2.20. The van der Waals surface area contributed by atoms with Crippen LogP contribution in [0.15, 0.2) is 46.3 Å². The smallest absolute Gasteiger partial charge is 0.267 e. The first-order chi connectivity index (χ1) is 8.90. The van der Waals surface area contributed by atoms with Gasteiger partial charge in [-0.3, -0.25) is 9.52 Å². The Kier molecular flexibility index (Phi) is 3.26. The molecule has 0 saturated heterocycles. The molecule has 3 N–H and O–H groups in total. The summed E-state index contributed by atoms with van der Waals surface area (Å²) in [5, 5.41) is 9.00. The lowest BCUT2D eigenvalue weighted by Gasteiger charge is -2.07. The van der Waals surface area contributed by atoms with Crippen molar-refractivity contribution in [1.82, 2.24) is 4.98 Å². The summed E-state index contributed by atoms with van der Waals surface area (Å²) in [5.74, 6) is -1.57. The van der Waals surface area contributed by atoms with Crippen molar-refractivity contribution in [1.29, 1.82) is 0 Å². The predicted octanol–water partition coefficient (Wildman–Crippen LogP) is 1.02. The number of aromatic nitrogens is 1. The molecule has 0 radical (unpaired) electrons. The minimum Gasteiger partial charge on any atom is -0.505 e. The summed E-state index contributed by atoms with van der Waals surface area (Å²) >= 11 is 0. The molecule has 0 aliphatic carbocycles. The third kappa shape index (κ3) is 2.74. The summed E-state index contributed by atoms with van der Waals surface area (Å²) < 4.78 is 38.9. The van der Waals surface area contributed by atoms with Gasteiger partial charge < -0.3 is 10.1 Å². The van der Waals surface area contributed by atoms with E-state index in [1.165, 1.54) is 12.3 Å². The maximum atomic E-state index is 13.1. The van der Waals surface area contributed by atoms with Gasteiger partial charge in [-0.1, -0.05) is 0 Å². The molecule has 0 atom stereocenters. The number of pyridine rings is 1. The fourth-order valence-electron chi connectivity index (χ4n) is 1.39. The van der Waals surface area contributed by atoms with Crippen LogP contribution in [0.25, 0.3) is 0 Å². The molecule has 2 aromatic rings. The first-order valence-corrected chi connectivity index (χ1v) is 6.57. The number of hydrogen-bond acceptors (Lipinski definition) is 4. The molecule has 0 unspecified atom stereocenters. The van der Waals surface area contributed by atoms with Crippen LogP contribution in [0.2, 0.25) is 0 Å². The maximum absolute atomic E-state index is 13.1. The number of benzene rings is 1. The van der Waals surface area contributed by atoms with Crippen molar-refractivity contribution >= 4 is 15.7 Å². The third-order valence-electron chi connectivity index (χ3n) is 2.28. The van der Waals surface area contributed by atoms with Crippen molar-refractivity contribution in [3.63, 3.8) is 0 Å². The van der Waals surface area contributed by atoms with Crippen molar-refractivity contribution in [3.05, 3.63) is 52.7 Å². The van der Waals surface area contributed by atoms with Crippen LogP contribution in [-0.4, -0.2) is 18.5 Å². The van der Waals surface area contributed by atoms with Crippen molar-refractivity contribution in [3.8, 4) is 5.75 Å². The van der Waals surface area contributed by atoms with E-state index in [2.05, 4.69) is 4.98 Å². The van der Waals surface area contributed by atoms with Gasteiger partial charge in [0.15, 0.2) is 16.5 Å². The van der Waals surface area contributed by atoms with Gasteiger partial charge in [0.05, 0.1) is 5.69 Å². The van der Waals surface area contributed by atoms with Crippen molar-refractivity contribution in [2.75, 3.05) is 4.72 Å². The SMILES string of the molecule is O=c1cc[nH]cc1S(=O)(=O)Nc1ccc(O)c(F)c1. The van der Waals surface area contributed by atoms with E-state index < -0.39 is 31.9 Å². The van der Waals surface area contributed by atoms with Crippen LogP contribution in [0.1, 0.15) is 0 Å². The Balaban J connectivity index is 2.40. The number of halogens is 1. The predicted molar refractivity (Wildman–Crippen MR) is 65.9 cm³/mol. The molecule has 1 aromatic carbocycles. The van der Waals surface area contributed by atoms with Gasteiger partial charge in [0.25, 0.3) is 10.0 Å². The molecule has 1 aromatic heterocycles. The number of phenolic OH excluding ortho intramolecular Hbond substituents is 1.